The SMILES string of the molecule is O=C(Nc1ccccc1OCCn1ccnc1)c1cc(Cl)c(Cl)[nH]1. The Hall–Kier alpha value is -2.44. The van der Waals surface area contributed by atoms with Gasteiger partial charge in [-0.2, -0.15) is 0 Å². The van der Waals surface area contributed by atoms with Crippen molar-refractivity contribution in [3.05, 3.63) is 64.9 Å². The van der Waals surface area contributed by atoms with Gasteiger partial charge in [0.2, 0.25) is 0 Å². The third kappa shape index (κ3) is 3.90. The van der Waals surface area contributed by atoms with Crippen molar-refractivity contribution in [2.75, 3.05) is 11.9 Å². The fraction of sp³-hybridized carbons (Fsp3) is 0.125. The van der Waals surface area contributed by atoms with Crippen LogP contribution in [0.4, 0.5) is 5.69 Å². The van der Waals surface area contributed by atoms with Crippen molar-refractivity contribution < 1.29 is 9.53 Å². The summed E-state index contributed by atoms with van der Waals surface area (Å²) in [5.41, 5.74) is 0.841. The number of imidazole rings is 1. The molecule has 0 fully saturated rings. The van der Waals surface area contributed by atoms with Gasteiger partial charge in [-0.15, -0.1) is 0 Å². The molecule has 0 aliphatic heterocycles. The molecule has 1 aromatic carbocycles. The van der Waals surface area contributed by atoms with Gasteiger partial charge in [0.15, 0.2) is 0 Å². The minimum absolute atomic E-state index is 0.228. The highest BCUT2D eigenvalue weighted by atomic mass is 35.5. The molecule has 0 unspecified atom stereocenters. The molecule has 24 heavy (non-hydrogen) atoms. The van der Waals surface area contributed by atoms with Crippen LogP contribution >= 0.6 is 23.2 Å². The largest absolute Gasteiger partial charge is 0.490 e. The Morgan fingerprint density at radius 2 is 2.17 bits per heavy atom. The Balaban J connectivity index is 1.66. The molecule has 0 radical (unpaired) electrons. The lowest BCUT2D eigenvalue weighted by atomic mass is 10.3. The van der Waals surface area contributed by atoms with E-state index < -0.39 is 0 Å². The van der Waals surface area contributed by atoms with Gasteiger partial charge in [-0.05, 0) is 18.2 Å². The summed E-state index contributed by atoms with van der Waals surface area (Å²) < 4.78 is 7.66. The minimum atomic E-state index is -0.352. The molecule has 0 aliphatic carbocycles. The van der Waals surface area contributed by atoms with Gasteiger partial charge in [0.1, 0.15) is 23.2 Å². The number of amides is 1. The molecule has 0 atom stereocenters. The Morgan fingerprint density at radius 1 is 1.33 bits per heavy atom. The lowest BCUT2D eigenvalue weighted by Gasteiger charge is -2.12. The number of carbonyl (C=O) groups excluding carboxylic acids is 1. The average molecular weight is 365 g/mol. The number of benzene rings is 1. The maximum atomic E-state index is 12.3. The van der Waals surface area contributed by atoms with Crippen LogP contribution in [-0.2, 0) is 6.54 Å². The summed E-state index contributed by atoms with van der Waals surface area (Å²) in [5, 5.41) is 3.31. The van der Waals surface area contributed by atoms with Crippen LogP contribution in [0.1, 0.15) is 10.5 Å². The summed E-state index contributed by atoms with van der Waals surface area (Å²) in [4.78, 5) is 19.0. The van der Waals surface area contributed by atoms with Gasteiger partial charge in [-0.3, -0.25) is 4.79 Å². The molecule has 6 nitrogen and oxygen atoms in total. The second-order valence-electron chi connectivity index (χ2n) is 4.94. The number of hydrogen-bond donors (Lipinski definition) is 2. The van der Waals surface area contributed by atoms with E-state index in [2.05, 4.69) is 15.3 Å². The summed E-state index contributed by atoms with van der Waals surface area (Å²) in [5.74, 6) is 0.226. The number of ether oxygens (including phenoxy) is 1. The van der Waals surface area contributed by atoms with Crippen molar-refractivity contribution in [3.63, 3.8) is 0 Å². The molecule has 0 aliphatic rings. The molecule has 0 spiro atoms. The van der Waals surface area contributed by atoms with Crippen LogP contribution in [0.25, 0.3) is 0 Å². The van der Waals surface area contributed by atoms with Crippen molar-refractivity contribution in [1.29, 1.82) is 0 Å². The Kier molecular flexibility index (Phi) is 5.08. The maximum Gasteiger partial charge on any atom is 0.272 e. The van der Waals surface area contributed by atoms with Gasteiger partial charge in [0.25, 0.3) is 5.91 Å². The number of H-pyrrole nitrogens is 1. The van der Waals surface area contributed by atoms with Gasteiger partial charge in [-0.25, -0.2) is 4.98 Å². The molecule has 0 saturated heterocycles. The van der Waals surface area contributed by atoms with Crippen molar-refractivity contribution in [2.24, 2.45) is 0 Å². The fourth-order valence-corrected chi connectivity index (χ4v) is 2.40. The Bertz CT molecular complexity index is 811. The van der Waals surface area contributed by atoms with E-state index >= 15 is 0 Å². The predicted octanol–water partition coefficient (Wildman–Crippen LogP) is 3.85. The molecular formula is C16H14Cl2N4O2. The monoisotopic (exact) mass is 364 g/mol. The van der Waals surface area contributed by atoms with E-state index in [0.29, 0.717) is 29.6 Å². The number of carbonyl (C=O) groups is 1. The van der Waals surface area contributed by atoms with Crippen LogP contribution in [0, 0.1) is 0 Å². The zero-order chi connectivity index (χ0) is 16.9. The van der Waals surface area contributed by atoms with Crippen LogP contribution in [-0.4, -0.2) is 27.0 Å². The second-order valence-corrected chi connectivity index (χ2v) is 5.73. The first kappa shape index (κ1) is 16.4. The number of para-hydroxylation sites is 2. The molecule has 3 rings (SSSR count). The van der Waals surface area contributed by atoms with E-state index in [0.717, 1.165) is 0 Å². The summed E-state index contributed by atoms with van der Waals surface area (Å²) in [7, 11) is 0. The van der Waals surface area contributed by atoms with E-state index in [1.807, 2.05) is 22.9 Å². The lowest BCUT2D eigenvalue weighted by molar-refractivity contribution is 0.102. The van der Waals surface area contributed by atoms with E-state index in [1.165, 1.54) is 6.07 Å². The highest BCUT2D eigenvalue weighted by Gasteiger charge is 2.13. The van der Waals surface area contributed by atoms with Crippen LogP contribution in [0.5, 0.6) is 5.75 Å². The number of aromatic nitrogens is 3. The number of hydrogen-bond acceptors (Lipinski definition) is 3. The van der Waals surface area contributed by atoms with Crippen molar-refractivity contribution >= 4 is 34.8 Å². The van der Waals surface area contributed by atoms with Gasteiger partial charge >= 0.3 is 0 Å². The minimum Gasteiger partial charge on any atom is -0.490 e. The van der Waals surface area contributed by atoms with Crippen LogP contribution in [0.15, 0.2) is 49.1 Å². The second kappa shape index (κ2) is 7.42. The highest BCUT2D eigenvalue weighted by Crippen LogP contribution is 2.26. The lowest BCUT2D eigenvalue weighted by Crippen LogP contribution is -2.14. The molecule has 8 heteroatoms. The molecule has 2 heterocycles. The van der Waals surface area contributed by atoms with Gasteiger partial charge < -0.3 is 19.6 Å². The summed E-state index contributed by atoms with van der Waals surface area (Å²) in [6.07, 6.45) is 5.28. The molecule has 124 valence electrons. The van der Waals surface area contributed by atoms with Crippen LogP contribution < -0.4 is 10.1 Å². The zero-order valence-electron chi connectivity index (χ0n) is 12.5. The molecular weight excluding hydrogens is 351 g/mol. The van der Waals surface area contributed by atoms with Crippen molar-refractivity contribution in [1.82, 2.24) is 14.5 Å². The molecule has 0 saturated carbocycles. The highest BCUT2D eigenvalue weighted by molar-refractivity contribution is 6.41. The van der Waals surface area contributed by atoms with E-state index in [9.17, 15) is 4.79 Å². The first-order valence-electron chi connectivity index (χ1n) is 7.16. The number of aromatic amines is 1. The number of nitrogens with one attached hydrogen (secondary N) is 2. The van der Waals surface area contributed by atoms with Gasteiger partial charge in [0, 0.05) is 12.4 Å². The zero-order valence-corrected chi connectivity index (χ0v) is 14.0. The van der Waals surface area contributed by atoms with Crippen LogP contribution in [0.2, 0.25) is 10.2 Å². The predicted molar refractivity (Wildman–Crippen MR) is 92.9 cm³/mol. The van der Waals surface area contributed by atoms with E-state index in [4.69, 9.17) is 27.9 Å². The van der Waals surface area contributed by atoms with E-state index in [1.54, 1.807) is 24.7 Å². The molecule has 0 bridgehead atoms. The number of rotatable bonds is 6. The number of anilines is 1. The maximum absolute atomic E-state index is 12.3. The molecule has 3 aromatic rings. The third-order valence-corrected chi connectivity index (χ3v) is 3.96. The summed E-state index contributed by atoms with van der Waals surface area (Å²) in [6.45, 7) is 1.10. The average Bonchev–Trinajstić information content (AvgIpc) is 3.20. The van der Waals surface area contributed by atoms with E-state index in [-0.39, 0.29) is 16.8 Å². The van der Waals surface area contributed by atoms with Crippen molar-refractivity contribution in [2.45, 2.75) is 6.54 Å². The molecule has 1 amide bonds. The van der Waals surface area contributed by atoms with Gasteiger partial charge in [0.05, 0.1) is 23.6 Å². The number of halogens is 2. The molecule has 2 N–H and O–H groups in total. The quantitative estimate of drug-likeness (QED) is 0.697. The third-order valence-electron chi connectivity index (χ3n) is 3.27. The first-order valence-corrected chi connectivity index (χ1v) is 7.92. The Morgan fingerprint density at radius 3 is 2.88 bits per heavy atom. The van der Waals surface area contributed by atoms with Crippen molar-refractivity contribution in [3.8, 4) is 5.75 Å². The fourth-order valence-electron chi connectivity index (χ4n) is 2.09. The summed E-state index contributed by atoms with van der Waals surface area (Å²) >= 11 is 11.7. The number of nitrogens with zero attached hydrogens (tertiary/aromatic N) is 2. The van der Waals surface area contributed by atoms with Gasteiger partial charge in [-0.1, -0.05) is 35.3 Å². The van der Waals surface area contributed by atoms with Crippen LogP contribution in [0.3, 0.4) is 0 Å². The first-order chi connectivity index (χ1) is 11.6. The Labute approximate surface area is 148 Å². The topological polar surface area (TPSA) is 71.9 Å². The summed E-state index contributed by atoms with van der Waals surface area (Å²) in [6, 6.07) is 8.67. The smallest absolute Gasteiger partial charge is 0.272 e. The standard InChI is InChI=1S/C16H14Cl2N4O2/c17-11-9-13(20-15(11)18)16(23)21-12-3-1-2-4-14(12)24-8-7-22-6-5-19-10-22/h1-6,9-10,20H,7-8H2,(H,21,23). The normalized spacial score (nSPS) is 10.6. The molecule has 2 aromatic heterocycles.